The topological polar surface area (TPSA) is 65.2 Å². The molecule has 0 unspecified atom stereocenters. The van der Waals surface area contributed by atoms with Gasteiger partial charge >= 0.3 is 0 Å². The molecule has 0 amide bonds. The third-order valence-electron chi connectivity index (χ3n) is 7.17. The van der Waals surface area contributed by atoms with E-state index in [1.807, 2.05) is 42.9 Å². The lowest BCUT2D eigenvalue weighted by atomic mass is 9.98. The summed E-state index contributed by atoms with van der Waals surface area (Å²) >= 11 is 0. The molecule has 0 N–H and O–H groups in total. The zero-order valence-electron chi connectivity index (χ0n) is 21.6. The smallest absolute Gasteiger partial charge is 0.176 e. The number of hydrogen-bond donors (Lipinski definition) is 0. The fraction of sp³-hybridized carbons (Fsp3) is 0.433. The largest absolute Gasteiger partial charge is 0.329 e. The van der Waals surface area contributed by atoms with E-state index in [-0.39, 0.29) is 5.78 Å². The van der Waals surface area contributed by atoms with Crippen molar-refractivity contribution in [2.24, 2.45) is 0 Å². The lowest BCUT2D eigenvalue weighted by molar-refractivity contribution is 0.0840. The molecular formula is C30H37N5O. The molecule has 1 aliphatic rings. The standard InChI is InChI=1S/C30H37N5O/c1-3-4-5-6-27-11-12-28(17-24(27)2)30(36)22-34-15-13-33(14-16-34)21-29-19-32-23-35(29)20-26-9-7-25(18-31)8-10-26/h7-12,17,19,23H,3-6,13-16,20-22H2,1-2H3. The van der Waals surface area contributed by atoms with Crippen LogP contribution in [0.5, 0.6) is 0 Å². The molecule has 188 valence electrons. The fourth-order valence-corrected chi connectivity index (χ4v) is 4.85. The Bertz CT molecular complexity index is 1180. The summed E-state index contributed by atoms with van der Waals surface area (Å²) in [5, 5.41) is 9.00. The predicted molar refractivity (Wildman–Crippen MR) is 143 cm³/mol. The first kappa shape index (κ1) is 25.8. The molecule has 1 aliphatic heterocycles. The van der Waals surface area contributed by atoms with Gasteiger partial charge in [0.05, 0.1) is 30.2 Å². The van der Waals surface area contributed by atoms with E-state index >= 15 is 0 Å². The molecule has 0 saturated carbocycles. The third-order valence-corrected chi connectivity index (χ3v) is 7.17. The Morgan fingerprint density at radius 1 is 1.00 bits per heavy atom. The van der Waals surface area contributed by atoms with Gasteiger partial charge in [0.25, 0.3) is 0 Å². The molecule has 0 radical (unpaired) electrons. The molecule has 0 aliphatic carbocycles. The van der Waals surface area contributed by atoms with Crippen LogP contribution < -0.4 is 0 Å². The zero-order chi connectivity index (χ0) is 25.3. The van der Waals surface area contributed by atoms with Gasteiger partial charge < -0.3 is 4.57 Å². The second-order valence-electron chi connectivity index (χ2n) is 9.90. The van der Waals surface area contributed by atoms with Crippen LogP contribution in [-0.4, -0.2) is 57.9 Å². The van der Waals surface area contributed by atoms with Crippen LogP contribution in [-0.2, 0) is 19.5 Å². The molecular weight excluding hydrogens is 446 g/mol. The first-order valence-electron chi connectivity index (χ1n) is 13.1. The number of hydrogen-bond acceptors (Lipinski definition) is 5. The van der Waals surface area contributed by atoms with Crippen LogP contribution in [0.4, 0.5) is 0 Å². The lowest BCUT2D eigenvalue weighted by Gasteiger charge is -2.34. The van der Waals surface area contributed by atoms with Gasteiger partial charge in [-0.2, -0.15) is 5.26 Å². The summed E-state index contributed by atoms with van der Waals surface area (Å²) in [4.78, 5) is 22.0. The molecule has 0 bridgehead atoms. The average Bonchev–Trinajstić information content (AvgIpc) is 3.33. The first-order valence-corrected chi connectivity index (χ1v) is 13.1. The molecule has 0 atom stereocenters. The zero-order valence-corrected chi connectivity index (χ0v) is 21.6. The Morgan fingerprint density at radius 2 is 1.75 bits per heavy atom. The summed E-state index contributed by atoms with van der Waals surface area (Å²) in [5.74, 6) is 0.215. The van der Waals surface area contributed by atoms with Crippen molar-refractivity contribution in [3.05, 3.63) is 88.5 Å². The van der Waals surface area contributed by atoms with Crippen molar-refractivity contribution >= 4 is 5.78 Å². The highest BCUT2D eigenvalue weighted by atomic mass is 16.1. The van der Waals surface area contributed by atoms with Crippen molar-refractivity contribution in [1.82, 2.24) is 19.4 Å². The van der Waals surface area contributed by atoms with Crippen molar-refractivity contribution < 1.29 is 4.79 Å². The summed E-state index contributed by atoms with van der Waals surface area (Å²) in [6.45, 7) is 10.1. The van der Waals surface area contributed by atoms with E-state index in [2.05, 4.69) is 51.4 Å². The Balaban J connectivity index is 1.25. The summed E-state index contributed by atoms with van der Waals surface area (Å²) < 4.78 is 2.17. The number of aryl methyl sites for hydroxylation is 2. The van der Waals surface area contributed by atoms with Crippen LogP contribution in [0.25, 0.3) is 0 Å². The Hall–Kier alpha value is -3.27. The van der Waals surface area contributed by atoms with Crippen LogP contribution in [0.1, 0.15) is 64.5 Å². The van der Waals surface area contributed by atoms with Crippen molar-refractivity contribution in [3.8, 4) is 6.07 Å². The molecule has 36 heavy (non-hydrogen) atoms. The molecule has 1 fully saturated rings. The maximum atomic E-state index is 12.9. The van der Waals surface area contributed by atoms with Crippen LogP contribution in [0.15, 0.2) is 55.0 Å². The van der Waals surface area contributed by atoms with Crippen LogP contribution in [0, 0.1) is 18.3 Å². The highest BCUT2D eigenvalue weighted by molar-refractivity contribution is 5.97. The van der Waals surface area contributed by atoms with Gasteiger partial charge in [-0.1, -0.05) is 44.0 Å². The maximum absolute atomic E-state index is 12.9. The van der Waals surface area contributed by atoms with Crippen LogP contribution >= 0.6 is 0 Å². The molecule has 2 aromatic carbocycles. The normalized spacial score (nSPS) is 14.6. The number of carbonyl (C=O) groups is 1. The molecule has 3 aromatic rings. The first-order chi connectivity index (χ1) is 17.6. The number of nitriles is 1. The van der Waals surface area contributed by atoms with Crippen molar-refractivity contribution in [2.75, 3.05) is 32.7 Å². The van der Waals surface area contributed by atoms with E-state index in [4.69, 9.17) is 5.26 Å². The lowest BCUT2D eigenvalue weighted by Crippen LogP contribution is -2.47. The Morgan fingerprint density at radius 3 is 2.44 bits per heavy atom. The van der Waals surface area contributed by atoms with Crippen molar-refractivity contribution in [1.29, 1.82) is 5.26 Å². The summed E-state index contributed by atoms with van der Waals surface area (Å²) in [7, 11) is 0. The third kappa shape index (κ3) is 6.90. The van der Waals surface area contributed by atoms with Gasteiger partial charge in [-0.3, -0.25) is 14.6 Å². The van der Waals surface area contributed by atoms with Gasteiger partial charge in [-0.15, -0.1) is 0 Å². The predicted octanol–water partition coefficient (Wildman–Crippen LogP) is 4.84. The molecule has 1 aromatic heterocycles. The van der Waals surface area contributed by atoms with Gasteiger partial charge in [0.1, 0.15) is 0 Å². The van der Waals surface area contributed by atoms with E-state index in [0.717, 1.165) is 56.8 Å². The van der Waals surface area contributed by atoms with Crippen LogP contribution in [0.2, 0.25) is 0 Å². The van der Waals surface area contributed by atoms with E-state index in [1.165, 1.54) is 36.1 Å². The Kier molecular flexibility index (Phi) is 9.05. The minimum absolute atomic E-state index is 0.215. The number of carbonyl (C=O) groups excluding carboxylic acids is 1. The number of rotatable bonds is 11. The van der Waals surface area contributed by atoms with E-state index < -0.39 is 0 Å². The number of unbranched alkanes of at least 4 members (excludes halogenated alkanes) is 2. The van der Waals surface area contributed by atoms with E-state index in [0.29, 0.717) is 12.1 Å². The van der Waals surface area contributed by atoms with Crippen LogP contribution in [0.3, 0.4) is 0 Å². The van der Waals surface area contributed by atoms with Gasteiger partial charge in [-0.25, -0.2) is 4.98 Å². The minimum atomic E-state index is 0.215. The number of piperazine rings is 1. The highest BCUT2D eigenvalue weighted by Crippen LogP contribution is 2.16. The number of benzene rings is 2. The maximum Gasteiger partial charge on any atom is 0.176 e. The number of ketones is 1. The quantitative estimate of drug-likeness (QED) is 0.288. The fourth-order valence-electron chi connectivity index (χ4n) is 4.85. The average molecular weight is 484 g/mol. The molecule has 4 rings (SSSR count). The minimum Gasteiger partial charge on any atom is -0.329 e. The van der Waals surface area contributed by atoms with E-state index in [1.54, 1.807) is 0 Å². The van der Waals surface area contributed by atoms with Gasteiger partial charge in [0.15, 0.2) is 5.78 Å². The second kappa shape index (κ2) is 12.6. The molecule has 1 saturated heterocycles. The Labute approximate surface area is 215 Å². The number of imidazole rings is 1. The van der Waals surface area contributed by atoms with Gasteiger partial charge in [0.2, 0.25) is 0 Å². The molecule has 6 heteroatoms. The summed E-state index contributed by atoms with van der Waals surface area (Å²) in [6, 6.07) is 16.1. The molecule has 0 spiro atoms. The van der Waals surface area contributed by atoms with Gasteiger partial charge in [-0.05, 0) is 54.7 Å². The number of aromatic nitrogens is 2. The van der Waals surface area contributed by atoms with Gasteiger partial charge in [0, 0.05) is 51.0 Å². The SMILES string of the molecule is CCCCCc1ccc(C(=O)CN2CCN(Cc3cncn3Cc3ccc(C#N)cc3)CC2)cc1C. The summed E-state index contributed by atoms with van der Waals surface area (Å²) in [5.41, 5.74) is 6.45. The number of nitrogens with zero attached hydrogens (tertiary/aromatic N) is 5. The van der Waals surface area contributed by atoms with Crippen molar-refractivity contribution in [2.45, 2.75) is 52.6 Å². The monoisotopic (exact) mass is 483 g/mol. The summed E-state index contributed by atoms with van der Waals surface area (Å²) in [6.07, 6.45) is 8.61. The molecule has 6 nitrogen and oxygen atoms in total. The molecule has 2 heterocycles. The van der Waals surface area contributed by atoms with E-state index in [9.17, 15) is 4.79 Å². The second-order valence-corrected chi connectivity index (χ2v) is 9.90. The van der Waals surface area contributed by atoms with Crippen molar-refractivity contribution in [3.63, 3.8) is 0 Å². The highest BCUT2D eigenvalue weighted by Gasteiger charge is 2.21. The number of Topliss-reactive ketones (excluding diaryl/α,β-unsaturated/α-hetero) is 1.